The van der Waals surface area contributed by atoms with Gasteiger partial charge in [0.25, 0.3) is 5.91 Å². The summed E-state index contributed by atoms with van der Waals surface area (Å²) in [5, 5.41) is 3.08. The fourth-order valence-corrected chi connectivity index (χ4v) is 2.47. The largest absolute Gasteiger partial charge is 0.285 e. The Hall–Kier alpha value is -1.03. The summed E-state index contributed by atoms with van der Waals surface area (Å²) in [7, 11) is 0. The van der Waals surface area contributed by atoms with Gasteiger partial charge in [-0.1, -0.05) is 35.7 Å². The Bertz CT molecular complexity index is 482. The fourth-order valence-electron chi connectivity index (χ4n) is 2.00. The second-order valence-electron chi connectivity index (χ2n) is 4.52. The minimum atomic E-state index is -0.132. The van der Waals surface area contributed by atoms with Crippen LogP contribution in [-0.2, 0) is 4.79 Å². The molecular formula is C14H16Cl2N2O. The van der Waals surface area contributed by atoms with Crippen molar-refractivity contribution in [1.29, 1.82) is 0 Å². The fraction of sp³-hybridized carbons (Fsp3) is 0.357. The lowest BCUT2D eigenvalue weighted by Gasteiger charge is -2.26. The van der Waals surface area contributed by atoms with Gasteiger partial charge >= 0.3 is 0 Å². The van der Waals surface area contributed by atoms with Crippen LogP contribution in [0.15, 0.2) is 24.3 Å². The summed E-state index contributed by atoms with van der Waals surface area (Å²) in [5.74, 6) is -0.132. The molecule has 1 aliphatic rings. The van der Waals surface area contributed by atoms with Gasteiger partial charge in [0.1, 0.15) is 0 Å². The van der Waals surface area contributed by atoms with Crippen LogP contribution < -0.4 is 5.43 Å². The lowest BCUT2D eigenvalue weighted by atomic mass is 10.2. The molecule has 0 aromatic heterocycles. The Morgan fingerprint density at radius 3 is 2.63 bits per heavy atom. The number of carbonyl (C=O) groups excluding carboxylic acids is 1. The highest BCUT2D eigenvalue weighted by Gasteiger charge is 2.10. The molecule has 2 rings (SSSR count). The number of carbonyl (C=O) groups is 1. The molecule has 1 aromatic carbocycles. The number of halogens is 2. The first kappa shape index (κ1) is 14.4. The number of rotatable bonds is 3. The van der Waals surface area contributed by atoms with Crippen molar-refractivity contribution in [2.24, 2.45) is 0 Å². The second kappa shape index (κ2) is 6.94. The lowest BCUT2D eigenvalue weighted by molar-refractivity contribution is -0.121. The molecule has 19 heavy (non-hydrogen) atoms. The molecule has 0 unspecified atom stereocenters. The van der Waals surface area contributed by atoms with Crippen LogP contribution in [0.3, 0.4) is 0 Å². The van der Waals surface area contributed by atoms with E-state index in [1.807, 2.05) is 5.01 Å². The maximum absolute atomic E-state index is 11.8. The van der Waals surface area contributed by atoms with E-state index in [4.69, 9.17) is 23.2 Å². The molecule has 5 heteroatoms. The second-order valence-corrected chi connectivity index (χ2v) is 5.37. The average Bonchev–Trinajstić information content (AvgIpc) is 2.39. The molecule has 1 N–H and O–H groups in total. The molecule has 0 spiro atoms. The molecule has 0 radical (unpaired) electrons. The summed E-state index contributed by atoms with van der Waals surface area (Å²) >= 11 is 11.8. The standard InChI is InChI=1S/C14H16Cl2N2O/c15-12-6-4-11(13(16)10-12)5-7-14(19)17-18-8-2-1-3-9-18/h4-7,10H,1-3,8-9H2,(H,17,19)/b7-5+. The van der Waals surface area contributed by atoms with E-state index >= 15 is 0 Å². The summed E-state index contributed by atoms with van der Waals surface area (Å²) in [5.41, 5.74) is 3.64. The smallest absolute Gasteiger partial charge is 0.258 e. The van der Waals surface area contributed by atoms with Gasteiger partial charge in [-0.05, 0) is 36.6 Å². The van der Waals surface area contributed by atoms with Gasteiger partial charge in [0.2, 0.25) is 0 Å². The van der Waals surface area contributed by atoms with Crippen molar-refractivity contribution in [2.45, 2.75) is 19.3 Å². The molecule has 0 bridgehead atoms. The van der Waals surface area contributed by atoms with Crippen molar-refractivity contribution < 1.29 is 4.79 Å². The van der Waals surface area contributed by atoms with Gasteiger partial charge in [0.05, 0.1) is 0 Å². The third kappa shape index (κ3) is 4.53. The zero-order valence-corrected chi connectivity index (χ0v) is 12.0. The first-order chi connectivity index (χ1) is 9.15. The van der Waals surface area contributed by atoms with Crippen LogP contribution in [0, 0.1) is 0 Å². The molecule has 3 nitrogen and oxygen atoms in total. The SMILES string of the molecule is O=C(/C=C/c1ccc(Cl)cc1Cl)NN1CCCCC1. The van der Waals surface area contributed by atoms with E-state index in [0.717, 1.165) is 31.5 Å². The van der Waals surface area contributed by atoms with Crippen LogP contribution in [0.4, 0.5) is 0 Å². The van der Waals surface area contributed by atoms with Crippen molar-refractivity contribution >= 4 is 35.2 Å². The number of hydrogen-bond donors (Lipinski definition) is 1. The van der Waals surface area contributed by atoms with Crippen molar-refractivity contribution in [3.8, 4) is 0 Å². The molecule has 1 saturated heterocycles. The number of piperidine rings is 1. The molecule has 1 fully saturated rings. The van der Waals surface area contributed by atoms with Crippen molar-refractivity contribution in [1.82, 2.24) is 10.4 Å². The van der Waals surface area contributed by atoms with E-state index in [-0.39, 0.29) is 5.91 Å². The van der Waals surface area contributed by atoms with E-state index in [0.29, 0.717) is 10.0 Å². The Morgan fingerprint density at radius 1 is 1.21 bits per heavy atom. The molecule has 1 amide bonds. The Kier molecular flexibility index (Phi) is 5.25. The van der Waals surface area contributed by atoms with Gasteiger partial charge in [-0.2, -0.15) is 0 Å². The first-order valence-electron chi connectivity index (χ1n) is 6.34. The van der Waals surface area contributed by atoms with E-state index in [1.54, 1.807) is 24.3 Å². The summed E-state index contributed by atoms with van der Waals surface area (Å²) < 4.78 is 0. The van der Waals surface area contributed by atoms with Gasteiger partial charge < -0.3 is 0 Å². The van der Waals surface area contributed by atoms with Crippen molar-refractivity contribution in [3.05, 3.63) is 39.9 Å². The molecule has 0 atom stereocenters. The Morgan fingerprint density at radius 2 is 1.95 bits per heavy atom. The first-order valence-corrected chi connectivity index (χ1v) is 7.09. The third-order valence-electron chi connectivity index (χ3n) is 3.00. The van der Waals surface area contributed by atoms with Crippen molar-refractivity contribution in [3.63, 3.8) is 0 Å². The molecule has 1 aromatic rings. The van der Waals surface area contributed by atoms with Gasteiger partial charge in [-0.3, -0.25) is 10.2 Å². The lowest BCUT2D eigenvalue weighted by Crippen LogP contribution is -2.44. The topological polar surface area (TPSA) is 32.3 Å². The summed E-state index contributed by atoms with van der Waals surface area (Å²) in [6, 6.07) is 5.19. The van der Waals surface area contributed by atoms with Crippen LogP contribution in [0.25, 0.3) is 6.08 Å². The molecule has 1 heterocycles. The number of hydrogen-bond acceptors (Lipinski definition) is 2. The number of nitrogens with one attached hydrogen (secondary N) is 1. The van der Waals surface area contributed by atoms with Crippen LogP contribution >= 0.6 is 23.2 Å². The summed E-state index contributed by atoms with van der Waals surface area (Å²) in [4.78, 5) is 11.8. The number of amides is 1. The van der Waals surface area contributed by atoms with Crippen LogP contribution in [0.5, 0.6) is 0 Å². The van der Waals surface area contributed by atoms with E-state index in [1.165, 1.54) is 12.5 Å². The van der Waals surface area contributed by atoms with Crippen LogP contribution in [0.1, 0.15) is 24.8 Å². The van der Waals surface area contributed by atoms with Gasteiger partial charge in [-0.15, -0.1) is 0 Å². The van der Waals surface area contributed by atoms with E-state index in [2.05, 4.69) is 5.43 Å². The molecule has 102 valence electrons. The highest BCUT2D eigenvalue weighted by atomic mass is 35.5. The van der Waals surface area contributed by atoms with Gasteiger partial charge in [-0.25, -0.2) is 5.01 Å². The highest BCUT2D eigenvalue weighted by molar-refractivity contribution is 6.35. The van der Waals surface area contributed by atoms with Crippen LogP contribution in [0.2, 0.25) is 10.0 Å². The minimum absolute atomic E-state index is 0.132. The number of nitrogens with zero attached hydrogens (tertiary/aromatic N) is 1. The number of benzene rings is 1. The average molecular weight is 299 g/mol. The monoisotopic (exact) mass is 298 g/mol. The Labute approximate surface area is 123 Å². The summed E-state index contributed by atoms with van der Waals surface area (Å²) in [6.45, 7) is 1.84. The van der Waals surface area contributed by atoms with E-state index in [9.17, 15) is 4.79 Å². The normalized spacial score (nSPS) is 16.7. The maximum atomic E-state index is 11.8. The van der Waals surface area contributed by atoms with Crippen molar-refractivity contribution in [2.75, 3.05) is 13.1 Å². The highest BCUT2D eigenvalue weighted by Crippen LogP contribution is 2.21. The quantitative estimate of drug-likeness (QED) is 0.866. The summed E-state index contributed by atoms with van der Waals surface area (Å²) in [6.07, 6.45) is 6.68. The number of hydrazine groups is 1. The van der Waals surface area contributed by atoms with E-state index < -0.39 is 0 Å². The molecule has 0 aliphatic carbocycles. The van der Waals surface area contributed by atoms with Crippen LogP contribution in [-0.4, -0.2) is 24.0 Å². The van der Waals surface area contributed by atoms with Gasteiger partial charge in [0, 0.05) is 29.2 Å². The zero-order chi connectivity index (χ0) is 13.7. The Balaban J connectivity index is 1.92. The molecule has 0 saturated carbocycles. The van der Waals surface area contributed by atoms with Gasteiger partial charge in [0.15, 0.2) is 0 Å². The third-order valence-corrected chi connectivity index (χ3v) is 3.56. The molecular weight excluding hydrogens is 283 g/mol. The minimum Gasteiger partial charge on any atom is -0.285 e. The predicted molar refractivity (Wildman–Crippen MR) is 79.1 cm³/mol. The molecule has 1 aliphatic heterocycles. The maximum Gasteiger partial charge on any atom is 0.258 e. The zero-order valence-electron chi connectivity index (χ0n) is 10.5. The predicted octanol–water partition coefficient (Wildman–Crippen LogP) is 3.52.